The fourth-order valence-electron chi connectivity index (χ4n) is 1.16. The SMILES string of the molecule is [B]C(=O)c1c(F)cc(/C=C/C(=O)OC)cc1F. The first-order chi connectivity index (χ1) is 7.95. The molecule has 0 heterocycles. The highest BCUT2D eigenvalue weighted by atomic mass is 19.1. The molecule has 0 fully saturated rings. The number of rotatable bonds is 3. The minimum atomic E-state index is -1.19. The van der Waals surface area contributed by atoms with E-state index in [0.29, 0.717) is 0 Å². The maximum absolute atomic E-state index is 13.3. The predicted octanol–water partition coefficient (Wildman–Crippen LogP) is 1.46. The van der Waals surface area contributed by atoms with Crippen molar-refractivity contribution in [2.45, 2.75) is 0 Å². The van der Waals surface area contributed by atoms with E-state index < -0.39 is 28.8 Å². The third-order valence-corrected chi connectivity index (χ3v) is 1.92. The molecule has 0 saturated heterocycles. The molecule has 17 heavy (non-hydrogen) atoms. The van der Waals surface area contributed by atoms with Gasteiger partial charge in [-0.2, -0.15) is 0 Å². The Morgan fingerprint density at radius 3 is 2.24 bits per heavy atom. The molecule has 2 radical (unpaired) electrons. The van der Waals surface area contributed by atoms with Crippen LogP contribution in [0.5, 0.6) is 0 Å². The maximum atomic E-state index is 13.3. The number of hydrogen-bond acceptors (Lipinski definition) is 3. The number of halogens is 2. The summed E-state index contributed by atoms with van der Waals surface area (Å²) in [7, 11) is 5.97. The Morgan fingerprint density at radius 2 is 1.82 bits per heavy atom. The molecule has 0 spiro atoms. The van der Waals surface area contributed by atoms with E-state index in [9.17, 15) is 18.4 Å². The molecule has 0 amide bonds. The largest absolute Gasteiger partial charge is 0.466 e. The Bertz CT molecular complexity index is 474. The van der Waals surface area contributed by atoms with E-state index in [1.165, 1.54) is 7.11 Å². The Labute approximate surface area is 97.5 Å². The summed E-state index contributed by atoms with van der Waals surface area (Å²) in [5.41, 5.74) is -1.92. The van der Waals surface area contributed by atoms with Gasteiger partial charge in [0.05, 0.1) is 12.7 Å². The molecule has 0 saturated carbocycles. The Balaban J connectivity index is 3.11. The van der Waals surface area contributed by atoms with Crippen molar-refractivity contribution in [1.29, 1.82) is 0 Å². The van der Waals surface area contributed by atoms with Gasteiger partial charge in [0.1, 0.15) is 17.3 Å². The summed E-state index contributed by atoms with van der Waals surface area (Å²) in [6.45, 7) is 0. The second kappa shape index (κ2) is 5.38. The van der Waals surface area contributed by atoms with Crippen molar-refractivity contribution >= 4 is 25.6 Å². The number of benzene rings is 1. The molecule has 1 aromatic carbocycles. The maximum Gasteiger partial charge on any atom is 0.330 e. The van der Waals surface area contributed by atoms with Crippen LogP contribution in [0.2, 0.25) is 0 Å². The quantitative estimate of drug-likeness (QED) is 0.453. The number of carbonyl (C=O) groups excluding carboxylic acids is 2. The van der Waals surface area contributed by atoms with Gasteiger partial charge >= 0.3 is 5.97 Å². The van der Waals surface area contributed by atoms with Gasteiger partial charge in [-0.25, -0.2) is 13.6 Å². The first-order valence-corrected chi connectivity index (χ1v) is 4.50. The van der Waals surface area contributed by atoms with Crippen molar-refractivity contribution < 1.29 is 23.1 Å². The molecule has 0 aliphatic heterocycles. The van der Waals surface area contributed by atoms with Crippen LogP contribution in [-0.2, 0) is 9.53 Å². The van der Waals surface area contributed by atoms with Crippen molar-refractivity contribution in [3.8, 4) is 0 Å². The fraction of sp³-hybridized carbons (Fsp3) is 0.0909. The number of carbonyl (C=O) groups is 2. The lowest BCUT2D eigenvalue weighted by atomic mass is 9.93. The first-order valence-electron chi connectivity index (χ1n) is 4.50. The van der Waals surface area contributed by atoms with Crippen molar-refractivity contribution in [1.82, 2.24) is 0 Å². The molecule has 0 bridgehead atoms. The van der Waals surface area contributed by atoms with E-state index in [2.05, 4.69) is 4.74 Å². The normalized spacial score (nSPS) is 10.5. The smallest absolute Gasteiger partial charge is 0.330 e. The topological polar surface area (TPSA) is 43.4 Å². The van der Waals surface area contributed by atoms with Gasteiger partial charge in [-0.1, -0.05) is 0 Å². The fourth-order valence-corrected chi connectivity index (χ4v) is 1.16. The monoisotopic (exact) mass is 236 g/mol. The van der Waals surface area contributed by atoms with E-state index in [1.54, 1.807) is 0 Å². The number of esters is 1. The molecule has 0 aliphatic rings. The van der Waals surface area contributed by atoms with Crippen LogP contribution in [0.3, 0.4) is 0 Å². The summed E-state index contributed by atoms with van der Waals surface area (Å²) in [5, 5.41) is 0. The van der Waals surface area contributed by atoms with E-state index in [4.69, 9.17) is 7.85 Å². The van der Waals surface area contributed by atoms with Crippen LogP contribution in [0.4, 0.5) is 8.78 Å². The molecule has 0 atom stereocenters. The third kappa shape index (κ3) is 3.24. The molecule has 86 valence electrons. The van der Waals surface area contributed by atoms with E-state index in [0.717, 1.165) is 24.3 Å². The van der Waals surface area contributed by atoms with Crippen LogP contribution < -0.4 is 0 Å². The van der Waals surface area contributed by atoms with Crippen molar-refractivity contribution in [3.05, 3.63) is 41.0 Å². The zero-order chi connectivity index (χ0) is 13.0. The second-order valence-electron chi connectivity index (χ2n) is 3.08. The van der Waals surface area contributed by atoms with Gasteiger partial charge in [-0.05, 0) is 23.8 Å². The Kier molecular flexibility index (Phi) is 4.14. The summed E-state index contributed by atoms with van der Waals surface area (Å²) in [5.74, 6) is -2.83. The highest BCUT2D eigenvalue weighted by molar-refractivity contribution is 6.62. The van der Waals surface area contributed by atoms with Crippen LogP contribution in [0, 0.1) is 11.6 Å². The lowest BCUT2D eigenvalue weighted by Crippen LogP contribution is -2.05. The molecule has 1 rings (SSSR count). The van der Waals surface area contributed by atoms with Crippen LogP contribution in [0.15, 0.2) is 18.2 Å². The van der Waals surface area contributed by atoms with Crippen LogP contribution >= 0.6 is 0 Å². The Morgan fingerprint density at radius 1 is 1.29 bits per heavy atom. The molecule has 3 nitrogen and oxygen atoms in total. The van der Waals surface area contributed by atoms with Gasteiger partial charge < -0.3 is 9.53 Å². The summed E-state index contributed by atoms with van der Waals surface area (Å²) >= 11 is 0. The number of hydrogen-bond donors (Lipinski definition) is 0. The van der Waals surface area contributed by atoms with E-state index >= 15 is 0 Å². The zero-order valence-corrected chi connectivity index (χ0v) is 8.87. The lowest BCUT2D eigenvalue weighted by Gasteiger charge is -2.02. The molecule has 0 unspecified atom stereocenters. The van der Waals surface area contributed by atoms with Gasteiger partial charge in [-0.15, -0.1) is 0 Å². The first kappa shape index (κ1) is 13.1. The van der Waals surface area contributed by atoms with Crippen molar-refractivity contribution in [3.63, 3.8) is 0 Å². The minimum Gasteiger partial charge on any atom is -0.466 e. The molecule has 1 aromatic rings. The lowest BCUT2D eigenvalue weighted by molar-refractivity contribution is -0.134. The molecule has 0 N–H and O–H groups in total. The highest BCUT2D eigenvalue weighted by Crippen LogP contribution is 2.16. The average molecular weight is 236 g/mol. The van der Waals surface area contributed by atoms with Gasteiger partial charge in [0, 0.05) is 6.08 Å². The molecular formula is C11H7BF2O3. The summed E-state index contributed by atoms with van der Waals surface area (Å²) in [4.78, 5) is 21.5. The van der Waals surface area contributed by atoms with Crippen molar-refractivity contribution in [2.75, 3.05) is 7.11 Å². The zero-order valence-electron chi connectivity index (χ0n) is 8.87. The molecular weight excluding hydrogens is 229 g/mol. The Hall–Kier alpha value is -1.98. The predicted molar refractivity (Wildman–Crippen MR) is 57.5 cm³/mol. The second-order valence-corrected chi connectivity index (χ2v) is 3.08. The van der Waals surface area contributed by atoms with Crippen LogP contribution in [-0.4, -0.2) is 26.6 Å². The van der Waals surface area contributed by atoms with E-state index in [1.807, 2.05) is 0 Å². The summed E-state index contributed by atoms with van der Waals surface area (Å²) in [6, 6.07) is 1.78. The standard InChI is InChI=1S/C11H7BF2O3/c1-17-9(15)3-2-6-4-7(13)10(11(12)16)8(14)5-6/h2-5H,1H3/b3-2+. The summed E-state index contributed by atoms with van der Waals surface area (Å²) in [6.07, 6.45) is 2.15. The van der Waals surface area contributed by atoms with Gasteiger partial charge in [0.25, 0.3) is 0 Å². The highest BCUT2D eigenvalue weighted by Gasteiger charge is 2.13. The molecule has 0 aromatic heterocycles. The van der Waals surface area contributed by atoms with Crippen LogP contribution in [0.25, 0.3) is 6.08 Å². The van der Waals surface area contributed by atoms with E-state index in [-0.39, 0.29) is 5.56 Å². The van der Waals surface area contributed by atoms with Gasteiger partial charge in [0.2, 0.25) is 0 Å². The molecule has 0 aliphatic carbocycles. The number of methoxy groups -OCH3 is 1. The van der Waals surface area contributed by atoms with Gasteiger partial charge in [0.15, 0.2) is 7.85 Å². The minimum absolute atomic E-state index is 0.0791. The van der Waals surface area contributed by atoms with Crippen molar-refractivity contribution in [2.24, 2.45) is 0 Å². The van der Waals surface area contributed by atoms with Crippen LogP contribution in [0.1, 0.15) is 15.9 Å². The van der Waals surface area contributed by atoms with Gasteiger partial charge in [-0.3, -0.25) is 0 Å². The third-order valence-electron chi connectivity index (χ3n) is 1.92. The number of ether oxygens (including phenoxy) is 1. The average Bonchev–Trinajstić information content (AvgIpc) is 2.24. The summed E-state index contributed by atoms with van der Waals surface area (Å²) < 4.78 is 30.9. The molecule has 6 heteroatoms.